The van der Waals surface area contributed by atoms with Crippen LogP contribution in [0.15, 0.2) is 18.2 Å². The fourth-order valence-electron chi connectivity index (χ4n) is 1.94. The number of nitrogens with two attached hydrogens (primary N) is 1. The van der Waals surface area contributed by atoms with E-state index in [0.717, 1.165) is 23.4 Å². The molecule has 0 amide bonds. The molecule has 0 saturated carbocycles. The minimum Gasteiger partial charge on any atom is -0.323 e. The lowest BCUT2D eigenvalue weighted by Gasteiger charge is -2.12. The molecule has 2 rings (SSSR count). The predicted octanol–water partition coefficient (Wildman–Crippen LogP) is 3.53. The average molecular weight is 300 g/mol. The van der Waals surface area contributed by atoms with Crippen molar-refractivity contribution in [3.05, 3.63) is 45.2 Å². The van der Waals surface area contributed by atoms with E-state index >= 15 is 0 Å². The number of nitrogens with zero attached hydrogens (tertiary/aromatic N) is 2. The monoisotopic (exact) mass is 299 g/mol. The lowest BCUT2D eigenvalue weighted by atomic mass is 10.0. The molecule has 1 aromatic heterocycles. The molecule has 102 valence electrons. The molecule has 0 aliphatic carbocycles. The van der Waals surface area contributed by atoms with Gasteiger partial charge in [-0.3, -0.25) is 0 Å². The molecule has 0 aliphatic heterocycles. The molecule has 0 spiro atoms. The van der Waals surface area contributed by atoms with E-state index in [1.165, 1.54) is 23.7 Å². The van der Waals surface area contributed by atoms with Gasteiger partial charge in [0.05, 0.1) is 10.6 Å². The topological polar surface area (TPSA) is 51.8 Å². The molecule has 0 aliphatic rings. The molecule has 1 aromatic carbocycles. The van der Waals surface area contributed by atoms with E-state index in [9.17, 15) is 4.39 Å². The second-order valence-electron chi connectivity index (χ2n) is 4.38. The maximum absolute atomic E-state index is 13.2. The van der Waals surface area contributed by atoms with Crippen molar-refractivity contribution in [1.29, 1.82) is 0 Å². The summed E-state index contributed by atoms with van der Waals surface area (Å²) in [5, 5.41) is 4.62. The normalized spacial score (nSPS) is 12.6. The second kappa shape index (κ2) is 6.41. The Morgan fingerprint density at radius 2 is 2.26 bits per heavy atom. The quantitative estimate of drug-likeness (QED) is 0.919. The minimum absolute atomic E-state index is 0.249. The zero-order valence-electron chi connectivity index (χ0n) is 10.6. The molecule has 1 heterocycles. The van der Waals surface area contributed by atoms with E-state index in [1.54, 1.807) is 6.07 Å². The van der Waals surface area contributed by atoms with Crippen LogP contribution in [0.1, 0.15) is 35.5 Å². The lowest BCUT2D eigenvalue weighted by molar-refractivity contribution is 0.622. The van der Waals surface area contributed by atoms with Crippen molar-refractivity contribution in [2.45, 2.75) is 32.2 Å². The number of benzene rings is 1. The van der Waals surface area contributed by atoms with Gasteiger partial charge in [0.15, 0.2) is 0 Å². The van der Waals surface area contributed by atoms with Crippen LogP contribution in [0.4, 0.5) is 4.39 Å². The van der Waals surface area contributed by atoms with Gasteiger partial charge < -0.3 is 5.73 Å². The maximum Gasteiger partial charge on any atom is 0.123 e. The smallest absolute Gasteiger partial charge is 0.123 e. The molecule has 0 saturated heterocycles. The van der Waals surface area contributed by atoms with Crippen molar-refractivity contribution >= 4 is 23.1 Å². The third-order valence-corrected chi connectivity index (χ3v) is 4.12. The molecule has 6 heteroatoms. The number of aryl methyl sites for hydroxylation is 1. The maximum atomic E-state index is 13.2. The van der Waals surface area contributed by atoms with Crippen LogP contribution in [0.2, 0.25) is 5.02 Å². The Labute approximate surface area is 120 Å². The third kappa shape index (κ3) is 3.49. The van der Waals surface area contributed by atoms with E-state index in [0.29, 0.717) is 17.0 Å². The van der Waals surface area contributed by atoms with Crippen molar-refractivity contribution in [3.63, 3.8) is 0 Å². The molecule has 1 atom stereocenters. The molecule has 0 bridgehead atoms. The molecule has 3 nitrogen and oxygen atoms in total. The van der Waals surface area contributed by atoms with Crippen LogP contribution in [0.5, 0.6) is 0 Å². The molecular weight excluding hydrogens is 285 g/mol. The van der Waals surface area contributed by atoms with Gasteiger partial charge in [0.1, 0.15) is 5.82 Å². The van der Waals surface area contributed by atoms with Crippen LogP contribution < -0.4 is 5.73 Å². The molecular formula is C13H15ClFN3S. The first-order valence-corrected chi connectivity index (χ1v) is 7.27. The average Bonchev–Trinajstić information content (AvgIpc) is 2.82. The predicted molar refractivity (Wildman–Crippen MR) is 75.9 cm³/mol. The summed E-state index contributed by atoms with van der Waals surface area (Å²) in [6, 6.07) is 4.07. The molecule has 19 heavy (non-hydrogen) atoms. The summed E-state index contributed by atoms with van der Waals surface area (Å²) in [5.41, 5.74) is 7.82. The lowest BCUT2D eigenvalue weighted by Crippen LogP contribution is -2.14. The highest BCUT2D eigenvalue weighted by Gasteiger charge is 2.17. The van der Waals surface area contributed by atoms with Crippen LogP contribution in [0.25, 0.3) is 0 Å². The Balaban J connectivity index is 2.18. The highest BCUT2D eigenvalue weighted by Crippen LogP contribution is 2.26. The van der Waals surface area contributed by atoms with Crippen molar-refractivity contribution in [2.75, 3.05) is 0 Å². The van der Waals surface area contributed by atoms with Crippen LogP contribution in [0, 0.1) is 5.82 Å². The van der Waals surface area contributed by atoms with Gasteiger partial charge in [-0.25, -0.2) is 4.39 Å². The number of rotatable bonds is 5. The van der Waals surface area contributed by atoms with E-state index in [1.807, 2.05) is 0 Å². The number of aromatic nitrogens is 2. The largest absolute Gasteiger partial charge is 0.323 e. The van der Waals surface area contributed by atoms with Gasteiger partial charge in [0.2, 0.25) is 0 Å². The van der Waals surface area contributed by atoms with Gasteiger partial charge in [-0.05, 0) is 48.1 Å². The third-order valence-electron chi connectivity index (χ3n) is 2.86. The van der Waals surface area contributed by atoms with Crippen LogP contribution in [-0.4, -0.2) is 9.59 Å². The number of hydrogen-bond donors (Lipinski definition) is 1. The Bertz CT molecular complexity index is 559. The number of hydrogen-bond acceptors (Lipinski definition) is 4. The molecule has 1 unspecified atom stereocenters. The summed E-state index contributed by atoms with van der Waals surface area (Å²) in [5.74, 6) is -0.303. The van der Waals surface area contributed by atoms with Gasteiger partial charge in [0, 0.05) is 11.1 Å². The molecule has 2 aromatic rings. The zero-order valence-corrected chi connectivity index (χ0v) is 12.1. The Kier molecular flexibility index (Phi) is 4.85. The van der Waals surface area contributed by atoms with Crippen molar-refractivity contribution in [3.8, 4) is 0 Å². The van der Waals surface area contributed by atoms with E-state index in [2.05, 4.69) is 16.5 Å². The molecule has 0 radical (unpaired) electrons. The van der Waals surface area contributed by atoms with Gasteiger partial charge in [-0.1, -0.05) is 29.4 Å². The second-order valence-corrected chi connectivity index (χ2v) is 5.57. The Morgan fingerprint density at radius 3 is 3.00 bits per heavy atom. The minimum atomic E-state index is -0.303. The van der Waals surface area contributed by atoms with Crippen molar-refractivity contribution in [2.24, 2.45) is 5.73 Å². The summed E-state index contributed by atoms with van der Waals surface area (Å²) in [6.07, 6.45) is 2.33. The standard InChI is InChI=1S/C13H15ClFN3S/c1-2-3-12-13(19-18-17-12)11(16)7-8-6-9(15)4-5-10(8)14/h4-6,11H,2-3,7,16H2,1H3. The van der Waals surface area contributed by atoms with Crippen LogP contribution in [0.3, 0.4) is 0 Å². The van der Waals surface area contributed by atoms with Gasteiger partial charge in [0.25, 0.3) is 0 Å². The van der Waals surface area contributed by atoms with Gasteiger partial charge in [-0.15, -0.1) is 5.10 Å². The summed E-state index contributed by atoms with van der Waals surface area (Å²) >= 11 is 7.36. The number of halogens is 2. The summed E-state index contributed by atoms with van der Waals surface area (Å²) in [4.78, 5) is 0.960. The summed E-state index contributed by atoms with van der Waals surface area (Å²) < 4.78 is 17.2. The fourth-order valence-corrected chi connectivity index (χ4v) is 2.83. The van der Waals surface area contributed by atoms with E-state index in [4.69, 9.17) is 17.3 Å². The summed E-state index contributed by atoms with van der Waals surface area (Å²) in [7, 11) is 0. The highest BCUT2D eigenvalue weighted by molar-refractivity contribution is 7.05. The first-order chi connectivity index (χ1) is 9.11. The SMILES string of the molecule is CCCc1nnsc1C(N)Cc1cc(F)ccc1Cl. The van der Waals surface area contributed by atoms with E-state index < -0.39 is 0 Å². The van der Waals surface area contributed by atoms with Crippen LogP contribution >= 0.6 is 23.1 Å². The van der Waals surface area contributed by atoms with Crippen molar-refractivity contribution < 1.29 is 4.39 Å². The highest BCUT2D eigenvalue weighted by atomic mass is 35.5. The molecule has 2 N–H and O–H groups in total. The van der Waals surface area contributed by atoms with Crippen LogP contribution in [-0.2, 0) is 12.8 Å². The first-order valence-electron chi connectivity index (χ1n) is 6.12. The fraction of sp³-hybridized carbons (Fsp3) is 0.385. The van der Waals surface area contributed by atoms with Gasteiger partial charge in [-0.2, -0.15) is 0 Å². The Morgan fingerprint density at radius 1 is 1.47 bits per heavy atom. The molecule has 0 fully saturated rings. The van der Waals surface area contributed by atoms with Crippen molar-refractivity contribution in [1.82, 2.24) is 9.59 Å². The summed E-state index contributed by atoms with van der Waals surface area (Å²) in [6.45, 7) is 2.08. The zero-order chi connectivity index (χ0) is 13.8. The van der Waals surface area contributed by atoms with Gasteiger partial charge >= 0.3 is 0 Å². The first kappa shape index (κ1) is 14.4. The van der Waals surface area contributed by atoms with E-state index in [-0.39, 0.29) is 11.9 Å². The Hall–Kier alpha value is -1.04.